The van der Waals surface area contributed by atoms with E-state index in [-0.39, 0.29) is 10.6 Å². The highest BCUT2D eigenvalue weighted by Crippen LogP contribution is 2.39. The monoisotopic (exact) mass is 494 g/mol. The predicted octanol–water partition coefficient (Wildman–Crippen LogP) is 5.91. The Labute approximate surface area is 207 Å². The SMILES string of the molecule is CCc1ccc(N2C(=O)C(Nc3ccc(OC)cc3OC)=C(Sc3ccc(Cl)cc3)C2=O)cc1. The summed E-state index contributed by atoms with van der Waals surface area (Å²) >= 11 is 7.22. The van der Waals surface area contributed by atoms with E-state index in [0.29, 0.717) is 27.9 Å². The molecule has 4 rings (SSSR count). The number of methoxy groups -OCH3 is 2. The molecule has 0 fully saturated rings. The molecule has 0 atom stereocenters. The van der Waals surface area contributed by atoms with Crippen molar-refractivity contribution in [2.24, 2.45) is 0 Å². The van der Waals surface area contributed by atoms with E-state index in [4.69, 9.17) is 21.1 Å². The van der Waals surface area contributed by atoms with Crippen LogP contribution >= 0.6 is 23.4 Å². The van der Waals surface area contributed by atoms with Gasteiger partial charge < -0.3 is 14.8 Å². The smallest absolute Gasteiger partial charge is 0.283 e. The number of hydrogen-bond donors (Lipinski definition) is 1. The van der Waals surface area contributed by atoms with E-state index >= 15 is 0 Å². The lowest BCUT2D eigenvalue weighted by Crippen LogP contribution is -2.32. The maximum atomic E-state index is 13.5. The van der Waals surface area contributed by atoms with Crippen molar-refractivity contribution in [3.05, 3.63) is 87.9 Å². The van der Waals surface area contributed by atoms with E-state index < -0.39 is 11.8 Å². The van der Waals surface area contributed by atoms with Gasteiger partial charge in [0.2, 0.25) is 0 Å². The summed E-state index contributed by atoms with van der Waals surface area (Å²) in [5, 5.41) is 3.73. The highest BCUT2D eigenvalue weighted by molar-refractivity contribution is 8.04. The van der Waals surface area contributed by atoms with E-state index in [1.165, 1.54) is 23.8 Å². The first-order valence-corrected chi connectivity index (χ1v) is 11.8. The number of carbonyl (C=O) groups is 2. The molecule has 3 aromatic carbocycles. The predicted molar refractivity (Wildman–Crippen MR) is 136 cm³/mol. The van der Waals surface area contributed by atoms with Gasteiger partial charge in [-0.2, -0.15) is 0 Å². The van der Waals surface area contributed by atoms with Crippen LogP contribution in [0.4, 0.5) is 11.4 Å². The zero-order chi connectivity index (χ0) is 24.2. The van der Waals surface area contributed by atoms with Crippen LogP contribution in [0, 0.1) is 0 Å². The Balaban J connectivity index is 1.75. The van der Waals surface area contributed by atoms with Crippen molar-refractivity contribution in [2.45, 2.75) is 18.2 Å². The summed E-state index contributed by atoms with van der Waals surface area (Å²) in [7, 11) is 3.09. The molecule has 0 saturated carbocycles. The number of carbonyl (C=O) groups excluding carboxylic acids is 2. The largest absolute Gasteiger partial charge is 0.497 e. The van der Waals surface area contributed by atoms with Gasteiger partial charge in [0.1, 0.15) is 22.1 Å². The third kappa shape index (κ3) is 4.76. The van der Waals surface area contributed by atoms with Gasteiger partial charge in [0, 0.05) is 16.0 Å². The van der Waals surface area contributed by atoms with Gasteiger partial charge in [-0.15, -0.1) is 0 Å². The molecule has 1 N–H and O–H groups in total. The van der Waals surface area contributed by atoms with Gasteiger partial charge in [0.05, 0.1) is 25.6 Å². The molecule has 8 heteroatoms. The van der Waals surface area contributed by atoms with E-state index in [1.807, 2.05) is 31.2 Å². The second kappa shape index (κ2) is 10.2. The number of thioether (sulfide) groups is 1. The number of benzene rings is 3. The van der Waals surface area contributed by atoms with Gasteiger partial charge in [0.15, 0.2) is 0 Å². The average Bonchev–Trinajstić information content (AvgIpc) is 3.09. The normalized spacial score (nSPS) is 13.5. The Kier molecular flexibility index (Phi) is 7.14. The first-order chi connectivity index (χ1) is 16.4. The molecule has 0 radical (unpaired) electrons. The highest BCUT2D eigenvalue weighted by atomic mass is 35.5. The zero-order valence-electron chi connectivity index (χ0n) is 18.9. The van der Waals surface area contributed by atoms with Crippen LogP contribution in [0.1, 0.15) is 12.5 Å². The molecular formula is C26H23ClN2O4S. The summed E-state index contributed by atoms with van der Waals surface area (Å²) in [4.78, 5) is 29.3. The Hall–Kier alpha value is -3.42. The van der Waals surface area contributed by atoms with Crippen molar-refractivity contribution in [3.63, 3.8) is 0 Å². The van der Waals surface area contributed by atoms with Crippen molar-refractivity contribution in [1.82, 2.24) is 0 Å². The maximum absolute atomic E-state index is 13.5. The second-order valence-electron chi connectivity index (χ2n) is 7.42. The van der Waals surface area contributed by atoms with Crippen LogP contribution < -0.4 is 19.7 Å². The summed E-state index contributed by atoms with van der Waals surface area (Å²) in [5.74, 6) is 0.250. The van der Waals surface area contributed by atoms with E-state index in [9.17, 15) is 9.59 Å². The van der Waals surface area contributed by atoms with Crippen molar-refractivity contribution in [3.8, 4) is 11.5 Å². The molecule has 1 aliphatic rings. The van der Waals surface area contributed by atoms with Gasteiger partial charge in [-0.25, -0.2) is 4.90 Å². The lowest BCUT2D eigenvalue weighted by molar-refractivity contribution is -0.120. The van der Waals surface area contributed by atoms with Gasteiger partial charge in [0.25, 0.3) is 11.8 Å². The van der Waals surface area contributed by atoms with Crippen molar-refractivity contribution >= 4 is 46.6 Å². The molecule has 0 unspecified atom stereocenters. The average molecular weight is 495 g/mol. The minimum Gasteiger partial charge on any atom is -0.497 e. The number of nitrogens with one attached hydrogen (secondary N) is 1. The third-order valence-electron chi connectivity index (χ3n) is 5.35. The number of imide groups is 1. The minimum absolute atomic E-state index is 0.174. The van der Waals surface area contributed by atoms with Crippen LogP contribution in [-0.2, 0) is 16.0 Å². The number of ether oxygens (including phenoxy) is 2. The van der Waals surface area contributed by atoms with Gasteiger partial charge in [-0.3, -0.25) is 9.59 Å². The van der Waals surface area contributed by atoms with Crippen LogP contribution in [0.2, 0.25) is 5.02 Å². The molecule has 0 bridgehead atoms. The van der Waals surface area contributed by atoms with Crippen LogP contribution in [0.15, 0.2) is 82.2 Å². The summed E-state index contributed by atoms with van der Waals surface area (Å²) in [6, 6.07) is 19.7. The summed E-state index contributed by atoms with van der Waals surface area (Å²) in [6.45, 7) is 2.05. The molecule has 6 nitrogen and oxygen atoms in total. The fourth-order valence-electron chi connectivity index (χ4n) is 3.49. The van der Waals surface area contributed by atoms with E-state index in [1.54, 1.807) is 49.6 Å². The second-order valence-corrected chi connectivity index (χ2v) is 8.94. The summed E-state index contributed by atoms with van der Waals surface area (Å²) in [5.41, 5.74) is 2.35. The van der Waals surface area contributed by atoms with Crippen molar-refractivity contribution in [2.75, 3.05) is 24.4 Å². The summed E-state index contributed by atoms with van der Waals surface area (Å²) in [6.07, 6.45) is 0.863. The Morgan fingerprint density at radius 1 is 0.912 bits per heavy atom. The molecule has 34 heavy (non-hydrogen) atoms. The van der Waals surface area contributed by atoms with Crippen molar-refractivity contribution in [1.29, 1.82) is 0 Å². The maximum Gasteiger partial charge on any atom is 0.283 e. The zero-order valence-corrected chi connectivity index (χ0v) is 20.5. The lowest BCUT2D eigenvalue weighted by atomic mass is 10.1. The number of anilines is 2. The fourth-order valence-corrected chi connectivity index (χ4v) is 4.54. The van der Waals surface area contributed by atoms with Crippen LogP contribution in [0.25, 0.3) is 0 Å². The molecule has 0 spiro atoms. The van der Waals surface area contributed by atoms with E-state index in [2.05, 4.69) is 5.32 Å². The lowest BCUT2D eigenvalue weighted by Gasteiger charge is -2.16. The summed E-state index contributed by atoms with van der Waals surface area (Å²) < 4.78 is 10.7. The molecule has 1 heterocycles. The number of amides is 2. The topological polar surface area (TPSA) is 67.9 Å². The Morgan fingerprint density at radius 3 is 2.24 bits per heavy atom. The van der Waals surface area contributed by atoms with E-state index in [0.717, 1.165) is 16.9 Å². The highest BCUT2D eigenvalue weighted by Gasteiger charge is 2.40. The van der Waals surface area contributed by atoms with Crippen LogP contribution in [0.5, 0.6) is 11.5 Å². The minimum atomic E-state index is -0.441. The molecule has 0 aliphatic carbocycles. The van der Waals surface area contributed by atoms with Gasteiger partial charge >= 0.3 is 0 Å². The number of rotatable bonds is 8. The molecular weight excluding hydrogens is 472 g/mol. The van der Waals surface area contributed by atoms with Crippen LogP contribution in [-0.4, -0.2) is 26.0 Å². The molecule has 2 amide bonds. The third-order valence-corrected chi connectivity index (χ3v) is 6.69. The van der Waals surface area contributed by atoms with Gasteiger partial charge in [-0.1, -0.05) is 42.4 Å². The standard InChI is InChI=1S/C26H23ClN2O4S/c1-4-16-5-9-18(10-6-16)29-25(30)23(28-21-14-11-19(32-2)15-22(21)33-3)24(26(29)31)34-20-12-7-17(27)8-13-20/h5-15,28H,4H2,1-3H3. The number of hydrogen-bond acceptors (Lipinski definition) is 6. The number of aryl methyl sites for hydroxylation is 1. The number of halogens is 1. The molecule has 3 aromatic rings. The quantitative estimate of drug-likeness (QED) is 0.393. The Morgan fingerprint density at radius 2 is 1.62 bits per heavy atom. The fraction of sp³-hybridized carbons (Fsp3) is 0.154. The first kappa shape index (κ1) is 23.7. The van der Waals surface area contributed by atoms with Gasteiger partial charge in [-0.05, 0) is 60.5 Å². The molecule has 0 aromatic heterocycles. The molecule has 0 saturated heterocycles. The molecule has 174 valence electrons. The van der Waals surface area contributed by atoms with Crippen molar-refractivity contribution < 1.29 is 19.1 Å². The number of nitrogens with zero attached hydrogens (tertiary/aromatic N) is 1. The van der Waals surface area contributed by atoms with Crippen LogP contribution in [0.3, 0.4) is 0 Å². The first-order valence-electron chi connectivity index (χ1n) is 10.6. The molecule has 1 aliphatic heterocycles. The Bertz CT molecular complexity index is 1260.